The second-order valence-electron chi connectivity index (χ2n) is 3.91. The predicted octanol–water partition coefficient (Wildman–Crippen LogP) is 3.58. The van der Waals surface area contributed by atoms with Crippen LogP contribution in [0, 0.1) is 0 Å². The first-order chi connectivity index (χ1) is 5.83. The van der Waals surface area contributed by atoms with Gasteiger partial charge in [-0.25, -0.2) is 0 Å². The molecule has 1 nitrogen and oxygen atoms in total. The largest absolute Gasteiger partial charge is 0.291 e. The van der Waals surface area contributed by atoms with E-state index in [1.807, 2.05) is 0 Å². The summed E-state index contributed by atoms with van der Waals surface area (Å²) in [6.45, 7) is 4.40. The molecule has 1 fully saturated rings. The molecule has 0 atom stereocenters. The second kappa shape index (κ2) is 5.34. The van der Waals surface area contributed by atoms with Crippen molar-refractivity contribution in [3.63, 3.8) is 0 Å². The SMILES string of the molecule is CCC/C(C)=N/C1CCCCC1. The monoisotopic (exact) mass is 167 g/mol. The van der Waals surface area contributed by atoms with Crippen molar-refractivity contribution in [2.24, 2.45) is 4.99 Å². The Balaban J connectivity index is 2.31. The van der Waals surface area contributed by atoms with Crippen molar-refractivity contribution in [1.29, 1.82) is 0 Å². The smallest absolute Gasteiger partial charge is 0.0498 e. The highest BCUT2D eigenvalue weighted by molar-refractivity contribution is 5.81. The first-order valence-corrected chi connectivity index (χ1v) is 5.36. The third kappa shape index (κ3) is 3.38. The third-order valence-corrected chi connectivity index (χ3v) is 2.59. The Morgan fingerprint density at radius 2 is 1.92 bits per heavy atom. The number of hydrogen-bond acceptors (Lipinski definition) is 1. The summed E-state index contributed by atoms with van der Waals surface area (Å²) in [5.41, 5.74) is 1.37. The molecule has 0 aromatic heterocycles. The van der Waals surface area contributed by atoms with E-state index in [4.69, 9.17) is 4.99 Å². The van der Waals surface area contributed by atoms with Gasteiger partial charge >= 0.3 is 0 Å². The van der Waals surface area contributed by atoms with E-state index in [-0.39, 0.29) is 0 Å². The van der Waals surface area contributed by atoms with E-state index in [1.165, 1.54) is 50.7 Å². The average Bonchev–Trinajstić information content (AvgIpc) is 2.06. The predicted molar refractivity (Wildman–Crippen MR) is 54.9 cm³/mol. The normalized spacial score (nSPS) is 21.3. The van der Waals surface area contributed by atoms with Crippen molar-refractivity contribution in [2.75, 3.05) is 0 Å². The molecule has 0 aromatic carbocycles. The molecule has 1 aliphatic carbocycles. The minimum Gasteiger partial charge on any atom is -0.291 e. The first-order valence-electron chi connectivity index (χ1n) is 5.36. The topological polar surface area (TPSA) is 12.4 Å². The van der Waals surface area contributed by atoms with Gasteiger partial charge in [0.05, 0.1) is 0 Å². The molecule has 0 heterocycles. The van der Waals surface area contributed by atoms with Crippen molar-refractivity contribution in [3.05, 3.63) is 0 Å². The molecule has 1 rings (SSSR count). The molecule has 0 spiro atoms. The minimum atomic E-state index is 0.672. The molecular formula is C11H21N. The van der Waals surface area contributed by atoms with Crippen molar-refractivity contribution in [3.8, 4) is 0 Å². The van der Waals surface area contributed by atoms with Gasteiger partial charge in [0.15, 0.2) is 0 Å². The fraction of sp³-hybridized carbons (Fsp3) is 0.909. The maximum Gasteiger partial charge on any atom is 0.0498 e. The molecule has 12 heavy (non-hydrogen) atoms. The fourth-order valence-electron chi connectivity index (χ4n) is 1.95. The van der Waals surface area contributed by atoms with E-state index < -0.39 is 0 Å². The summed E-state index contributed by atoms with van der Waals surface area (Å²) in [6.07, 6.45) is 9.32. The summed E-state index contributed by atoms with van der Waals surface area (Å²) < 4.78 is 0. The molecule has 0 bridgehead atoms. The van der Waals surface area contributed by atoms with Crippen LogP contribution < -0.4 is 0 Å². The van der Waals surface area contributed by atoms with Crippen LogP contribution in [0.15, 0.2) is 4.99 Å². The number of hydrogen-bond donors (Lipinski definition) is 0. The molecule has 0 unspecified atom stereocenters. The van der Waals surface area contributed by atoms with Crippen LogP contribution in [0.4, 0.5) is 0 Å². The highest BCUT2D eigenvalue weighted by Crippen LogP contribution is 2.20. The van der Waals surface area contributed by atoms with Gasteiger partial charge in [-0.3, -0.25) is 4.99 Å². The Bertz CT molecular complexity index is 143. The van der Waals surface area contributed by atoms with E-state index in [9.17, 15) is 0 Å². The van der Waals surface area contributed by atoms with Crippen molar-refractivity contribution in [2.45, 2.75) is 64.8 Å². The van der Waals surface area contributed by atoms with Gasteiger partial charge in [0.2, 0.25) is 0 Å². The molecule has 0 N–H and O–H groups in total. The maximum absolute atomic E-state index is 4.74. The molecular weight excluding hydrogens is 146 g/mol. The van der Waals surface area contributed by atoms with Crippen LogP contribution in [-0.4, -0.2) is 11.8 Å². The van der Waals surface area contributed by atoms with Gasteiger partial charge in [-0.15, -0.1) is 0 Å². The molecule has 0 radical (unpaired) electrons. The summed E-state index contributed by atoms with van der Waals surface area (Å²) >= 11 is 0. The minimum absolute atomic E-state index is 0.672. The van der Waals surface area contributed by atoms with Gasteiger partial charge in [-0.1, -0.05) is 32.6 Å². The van der Waals surface area contributed by atoms with E-state index in [2.05, 4.69) is 13.8 Å². The molecule has 1 heteroatoms. The Morgan fingerprint density at radius 3 is 2.50 bits per heavy atom. The van der Waals surface area contributed by atoms with Crippen LogP contribution in [0.2, 0.25) is 0 Å². The van der Waals surface area contributed by atoms with Gasteiger partial charge in [-0.05, 0) is 26.2 Å². The number of aliphatic imine (C=N–C) groups is 1. The molecule has 70 valence electrons. The Hall–Kier alpha value is -0.330. The molecule has 0 amide bonds. The Kier molecular flexibility index (Phi) is 4.34. The average molecular weight is 167 g/mol. The number of nitrogens with zero attached hydrogens (tertiary/aromatic N) is 1. The van der Waals surface area contributed by atoms with Crippen molar-refractivity contribution < 1.29 is 0 Å². The van der Waals surface area contributed by atoms with Gasteiger partial charge < -0.3 is 0 Å². The lowest BCUT2D eigenvalue weighted by Crippen LogP contribution is -2.11. The molecule has 1 aliphatic rings. The highest BCUT2D eigenvalue weighted by Gasteiger charge is 2.11. The maximum atomic E-state index is 4.74. The number of rotatable bonds is 3. The summed E-state index contributed by atoms with van der Waals surface area (Å²) in [5.74, 6) is 0. The zero-order chi connectivity index (χ0) is 8.81. The van der Waals surface area contributed by atoms with Crippen molar-refractivity contribution >= 4 is 5.71 Å². The van der Waals surface area contributed by atoms with E-state index >= 15 is 0 Å². The van der Waals surface area contributed by atoms with Gasteiger partial charge in [0.25, 0.3) is 0 Å². The van der Waals surface area contributed by atoms with E-state index in [1.54, 1.807) is 0 Å². The lowest BCUT2D eigenvalue weighted by atomic mass is 9.96. The quantitative estimate of drug-likeness (QED) is 0.570. The van der Waals surface area contributed by atoms with Gasteiger partial charge in [0, 0.05) is 11.8 Å². The zero-order valence-corrected chi connectivity index (χ0v) is 8.47. The summed E-state index contributed by atoms with van der Waals surface area (Å²) in [5, 5.41) is 0. The van der Waals surface area contributed by atoms with Gasteiger partial charge in [0.1, 0.15) is 0 Å². The zero-order valence-electron chi connectivity index (χ0n) is 8.47. The summed E-state index contributed by atoms with van der Waals surface area (Å²) in [7, 11) is 0. The highest BCUT2D eigenvalue weighted by atomic mass is 14.8. The van der Waals surface area contributed by atoms with Crippen LogP contribution in [0.3, 0.4) is 0 Å². The Labute approximate surface area is 76.3 Å². The van der Waals surface area contributed by atoms with E-state index in [0.29, 0.717) is 6.04 Å². The van der Waals surface area contributed by atoms with Crippen molar-refractivity contribution in [1.82, 2.24) is 0 Å². The molecule has 0 saturated heterocycles. The van der Waals surface area contributed by atoms with Gasteiger partial charge in [-0.2, -0.15) is 0 Å². The third-order valence-electron chi connectivity index (χ3n) is 2.59. The summed E-state index contributed by atoms with van der Waals surface area (Å²) in [6, 6.07) is 0.672. The van der Waals surface area contributed by atoms with Crippen LogP contribution in [0.1, 0.15) is 58.8 Å². The first kappa shape index (κ1) is 9.76. The molecule has 0 aromatic rings. The molecule has 1 saturated carbocycles. The Morgan fingerprint density at radius 1 is 1.25 bits per heavy atom. The second-order valence-corrected chi connectivity index (χ2v) is 3.91. The van der Waals surface area contributed by atoms with E-state index in [0.717, 1.165) is 0 Å². The standard InChI is InChI=1S/C11H21N/c1-3-7-10(2)12-11-8-5-4-6-9-11/h11H,3-9H2,1-2H3/b12-10+. The fourth-order valence-corrected chi connectivity index (χ4v) is 1.95. The lowest BCUT2D eigenvalue weighted by molar-refractivity contribution is 0.442. The lowest BCUT2D eigenvalue weighted by Gasteiger charge is -2.18. The summed E-state index contributed by atoms with van der Waals surface area (Å²) in [4.78, 5) is 4.74. The van der Waals surface area contributed by atoms with Crippen LogP contribution in [0.5, 0.6) is 0 Å². The van der Waals surface area contributed by atoms with Crippen LogP contribution >= 0.6 is 0 Å². The van der Waals surface area contributed by atoms with Crippen LogP contribution in [0.25, 0.3) is 0 Å². The van der Waals surface area contributed by atoms with Crippen LogP contribution in [-0.2, 0) is 0 Å². The molecule has 0 aliphatic heterocycles.